The van der Waals surface area contributed by atoms with E-state index < -0.39 is 0 Å². The van der Waals surface area contributed by atoms with Gasteiger partial charge in [0.2, 0.25) is 12.7 Å². The number of hydrogen-bond donors (Lipinski definition) is 3. The van der Waals surface area contributed by atoms with E-state index >= 15 is 0 Å². The first-order valence-electron chi connectivity index (χ1n) is 10.7. The van der Waals surface area contributed by atoms with Gasteiger partial charge in [0.1, 0.15) is 24.8 Å². The van der Waals surface area contributed by atoms with E-state index in [1.807, 2.05) is 42.7 Å². The van der Waals surface area contributed by atoms with Gasteiger partial charge in [0.05, 0.1) is 40.4 Å². The van der Waals surface area contributed by atoms with E-state index in [4.69, 9.17) is 20.3 Å². The first-order chi connectivity index (χ1) is 15.9. The molecule has 0 saturated heterocycles. The molecule has 0 atom stereocenters. The molecule has 0 aromatic carbocycles. The number of aliphatic hydroxyl groups is 2. The van der Waals surface area contributed by atoms with Gasteiger partial charge >= 0.3 is 103 Å². The van der Waals surface area contributed by atoms with Crippen LogP contribution < -0.4 is 156 Å². The van der Waals surface area contributed by atoms with Gasteiger partial charge in [-0.15, -0.1) is 0 Å². The van der Waals surface area contributed by atoms with Crippen LogP contribution in [0.1, 0.15) is 14.3 Å². The topological polar surface area (TPSA) is 123 Å². The van der Waals surface area contributed by atoms with Gasteiger partial charge < -0.3 is 66.0 Å². The Morgan fingerprint density at radius 3 is 1.76 bits per heavy atom. The van der Waals surface area contributed by atoms with E-state index in [9.17, 15) is 0 Å². The third-order valence-corrected chi connectivity index (χ3v) is 4.60. The number of imidazole rings is 2. The minimum absolute atomic E-state index is 0. The fourth-order valence-electron chi connectivity index (χ4n) is 2.43. The number of likely N-dealkylation sites (N-methyl/N-ethyl adjacent to an activating group) is 2. The number of carbonyl (C=O) groups excluding carboxylic acids is 1. The van der Waals surface area contributed by atoms with E-state index in [-0.39, 0.29) is 158 Å². The van der Waals surface area contributed by atoms with Crippen LogP contribution in [-0.2, 0) is 36.9 Å². The second kappa shape index (κ2) is 40.5. The fourth-order valence-corrected chi connectivity index (χ4v) is 2.68. The van der Waals surface area contributed by atoms with Gasteiger partial charge in [-0.3, -0.25) is 4.79 Å². The van der Waals surface area contributed by atoms with Crippen LogP contribution in [0.25, 0.3) is 0 Å². The van der Waals surface area contributed by atoms with Crippen molar-refractivity contribution in [3.8, 4) is 0 Å². The quantitative estimate of drug-likeness (QED) is 0.0490. The predicted octanol–water partition coefficient (Wildman–Crippen LogP) is -13.5. The minimum Gasteiger partial charge on any atom is -1.00 e. The maximum Gasteiger partial charge on any atom is 1.00 e. The van der Waals surface area contributed by atoms with Gasteiger partial charge in [0.25, 0.3) is 6.47 Å². The number of aliphatic hydroxyl groups excluding tert-OH is 2. The number of hydrogen-bond acceptors (Lipinski definition) is 7. The zero-order valence-electron chi connectivity index (χ0n) is 24.1. The maximum absolute atomic E-state index is 8.71. The Bertz CT molecular complexity index is 695. The Balaban J connectivity index is -0.0000000713. The Kier molecular flexibility index (Phi) is 57.1. The number of aryl methyl sites for hydroxylation is 4. The molecule has 0 aliphatic heterocycles. The normalized spacial score (nSPS) is 8.68. The summed E-state index contributed by atoms with van der Waals surface area (Å²) in [5.74, 6) is 0. The van der Waals surface area contributed by atoms with Crippen molar-refractivity contribution in [2.24, 2.45) is 14.1 Å². The van der Waals surface area contributed by atoms with Crippen molar-refractivity contribution in [3.63, 3.8) is 0 Å². The third-order valence-electron chi connectivity index (χ3n) is 4.04. The summed E-state index contributed by atoms with van der Waals surface area (Å²) >= 11 is 3.39. The van der Waals surface area contributed by atoms with Crippen LogP contribution in [0.2, 0.25) is 0 Å². The molecule has 2 rings (SSSR count). The van der Waals surface area contributed by atoms with Crippen molar-refractivity contribution in [1.82, 2.24) is 19.4 Å². The number of rotatable bonds is 12. The van der Waals surface area contributed by atoms with Crippen LogP contribution in [0.3, 0.4) is 0 Å². The Morgan fingerprint density at radius 1 is 1.03 bits per heavy atom. The number of nitrogens with zero attached hydrogens (tertiary/aromatic N) is 5. The van der Waals surface area contributed by atoms with Crippen LogP contribution >= 0.6 is 15.9 Å². The predicted molar refractivity (Wildman–Crippen MR) is 128 cm³/mol. The van der Waals surface area contributed by atoms with Crippen molar-refractivity contribution in [2.75, 3.05) is 52.3 Å². The maximum atomic E-state index is 8.71. The molecule has 11 nitrogen and oxygen atoms in total. The van der Waals surface area contributed by atoms with Crippen LogP contribution in [0.15, 0.2) is 37.4 Å². The molecule has 0 spiro atoms. The molecular formula is C21H43Br3K2N6O5. The molecule has 37 heavy (non-hydrogen) atoms. The average Bonchev–Trinajstić information content (AvgIpc) is 3.41. The van der Waals surface area contributed by atoms with Gasteiger partial charge in [-0.05, 0) is 26.9 Å². The first-order valence-corrected chi connectivity index (χ1v) is 11.9. The summed E-state index contributed by atoms with van der Waals surface area (Å²) in [6.45, 7) is 4.93. The summed E-state index contributed by atoms with van der Waals surface area (Å²) < 4.78 is 8.44. The molecule has 0 bridgehead atoms. The molecule has 0 radical (unpaired) electrons. The average molecular weight is 778 g/mol. The van der Waals surface area contributed by atoms with Gasteiger partial charge in [-0.1, -0.05) is 15.9 Å². The van der Waals surface area contributed by atoms with Crippen LogP contribution in [0.5, 0.6) is 0 Å². The SMILES string of the molecule is CN(CCO)CCCn1cc[n+](C)c1.CNCCO.C[n+]1ccn(CCCBr)c1.O=CO[O-].[Br-].[Br-].[H-].[K+].[K+]. The van der Waals surface area contributed by atoms with Crippen LogP contribution in [-0.4, -0.2) is 83.0 Å². The molecule has 3 N–H and O–H groups in total. The zero-order chi connectivity index (χ0) is 25.3. The summed E-state index contributed by atoms with van der Waals surface area (Å²) in [6, 6.07) is 0. The number of carbonyl (C=O) groups is 1. The van der Waals surface area contributed by atoms with Gasteiger partial charge in [-0.25, -0.2) is 18.3 Å². The second-order valence-corrected chi connectivity index (χ2v) is 7.87. The molecule has 0 aliphatic rings. The monoisotopic (exact) mass is 774 g/mol. The van der Waals surface area contributed by atoms with E-state index in [1.165, 1.54) is 6.42 Å². The largest absolute Gasteiger partial charge is 1.00 e. The molecule has 2 heterocycles. The van der Waals surface area contributed by atoms with Gasteiger partial charge in [0.15, 0.2) is 0 Å². The van der Waals surface area contributed by atoms with Crippen molar-refractivity contribution in [2.45, 2.75) is 25.9 Å². The molecule has 16 heteroatoms. The Morgan fingerprint density at radius 2 is 1.49 bits per heavy atom. The molecule has 0 saturated carbocycles. The summed E-state index contributed by atoms with van der Waals surface area (Å²) in [5.41, 5.74) is 0. The first kappa shape index (κ1) is 52.1. The number of aromatic nitrogens is 4. The van der Waals surface area contributed by atoms with Crippen molar-refractivity contribution < 1.29 is 172 Å². The van der Waals surface area contributed by atoms with Gasteiger partial charge in [-0.2, -0.15) is 0 Å². The third kappa shape index (κ3) is 38.4. The standard InChI is InChI=1S/C10H20N3O.C7H12BrN2.C3H9NO.CH2O3.2BrH.2K.H/c1-11(8-9-14)4-3-5-13-7-6-12(2)10-13;1-9-5-6-10(7-9)4-2-3-8;1-4-2-3-5;2-1-4-3;;;;;/h6-7,10,14H,3-5,8-9H2,1-2H3;5-7H,2-4H2,1H3;4-5H,2-3H2,1H3;1,3H;2*1H;;;/q2*+1;;;;;2*+1;-1/p-3. The molecule has 0 fully saturated rings. The summed E-state index contributed by atoms with van der Waals surface area (Å²) in [7, 11) is 7.89. The number of alkyl halides is 1. The summed E-state index contributed by atoms with van der Waals surface area (Å²) in [4.78, 5) is 13.4. The Labute approximate surface area is 338 Å². The molecule has 0 aliphatic carbocycles. The smallest absolute Gasteiger partial charge is 1.00 e. The molecule has 2 aromatic heterocycles. The second-order valence-electron chi connectivity index (χ2n) is 7.08. The number of halogens is 3. The van der Waals surface area contributed by atoms with Crippen molar-refractivity contribution >= 4 is 22.4 Å². The molecule has 0 unspecified atom stereocenters. The Hall–Kier alpha value is 2.40. The molecule has 210 valence electrons. The van der Waals surface area contributed by atoms with E-state index in [1.54, 1.807) is 7.05 Å². The van der Waals surface area contributed by atoms with Crippen LogP contribution in [0, 0.1) is 0 Å². The van der Waals surface area contributed by atoms with E-state index in [2.05, 4.69) is 65.2 Å². The minimum atomic E-state index is -0.181. The van der Waals surface area contributed by atoms with Crippen molar-refractivity contribution in [3.05, 3.63) is 37.4 Å². The van der Waals surface area contributed by atoms with E-state index in [0.29, 0.717) is 6.54 Å². The summed E-state index contributed by atoms with van der Waals surface area (Å²) in [5, 5.41) is 29.0. The van der Waals surface area contributed by atoms with Crippen molar-refractivity contribution in [1.29, 1.82) is 0 Å². The zero-order valence-corrected chi connectivity index (χ0v) is 34.1. The molecule has 2 aromatic rings. The van der Waals surface area contributed by atoms with Crippen LogP contribution in [0.4, 0.5) is 0 Å². The summed E-state index contributed by atoms with van der Waals surface area (Å²) in [6.07, 6.45) is 14.7. The van der Waals surface area contributed by atoms with Gasteiger partial charge in [0, 0.05) is 25.0 Å². The molecular weight excluding hydrogens is 734 g/mol. The van der Waals surface area contributed by atoms with E-state index in [0.717, 1.165) is 37.9 Å². The fraction of sp³-hybridized carbons (Fsp3) is 0.667. The molecule has 0 amide bonds. The number of nitrogens with one attached hydrogen (secondary N) is 1.